The van der Waals surface area contributed by atoms with E-state index in [1.807, 2.05) is 42.5 Å². The van der Waals surface area contributed by atoms with Crippen molar-refractivity contribution in [2.75, 3.05) is 6.61 Å². The molecule has 0 aliphatic heterocycles. The predicted octanol–water partition coefficient (Wildman–Crippen LogP) is 7.79. The molecule has 188 valence electrons. The Morgan fingerprint density at radius 3 is 2.41 bits per heavy atom. The highest BCUT2D eigenvalue weighted by Crippen LogP contribution is 2.42. The van der Waals surface area contributed by atoms with Gasteiger partial charge in [0.15, 0.2) is 0 Å². The van der Waals surface area contributed by atoms with Gasteiger partial charge in [-0.05, 0) is 47.7 Å². The maximum Gasteiger partial charge on any atom is 0.417 e. The average molecular weight is 507 g/mol. The van der Waals surface area contributed by atoms with Crippen molar-refractivity contribution in [2.24, 2.45) is 0 Å². The van der Waals surface area contributed by atoms with Crippen molar-refractivity contribution < 1.29 is 32.2 Å². The number of carbonyl (C=O) groups is 1. The molecular weight excluding hydrogens is 486 g/mol. The van der Waals surface area contributed by atoms with Gasteiger partial charge < -0.3 is 14.4 Å². The number of fused-ring (bicyclic) bond motifs is 2. The smallest absolute Gasteiger partial charge is 0.417 e. The summed E-state index contributed by atoms with van der Waals surface area (Å²) in [4.78, 5) is 12.4. The van der Waals surface area contributed by atoms with Gasteiger partial charge in [0, 0.05) is 28.4 Å². The molecule has 1 aromatic heterocycles. The zero-order chi connectivity index (χ0) is 26.2. The molecule has 1 N–H and O–H groups in total. The number of halogens is 4. The quantitative estimate of drug-likeness (QED) is 0.181. The molecule has 4 nitrogen and oxygen atoms in total. The summed E-state index contributed by atoms with van der Waals surface area (Å²) in [5.74, 6) is -1.40. The van der Waals surface area contributed by atoms with Crippen LogP contribution in [-0.2, 0) is 12.7 Å². The van der Waals surface area contributed by atoms with Crippen molar-refractivity contribution >= 4 is 27.6 Å². The largest absolute Gasteiger partial charge is 0.493 e. The van der Waals surface area contributed by atoms with Gasteiger partial charge in [-0.15, -0.1) is 0 Å². The number of carboxylic acids is 1. The van der Waals surface area contributed by atoms with Gasteiger partial charge in [0.2, 0.25) is 0 Å². The minimum Gasteiger partial charge on any atom is -0.493 e. The van der Waals surface area contributed by atoms with Gasteiger partial charge in [-0.1, -0.05) is 54.6 Å². The number of benzene rings is 4. The molecule has 37 heavy (non-hydrogen) atoms. The lowest BCUT2D eigenvalue weighted by Gasteiger charge is -2.14. The van der Waals surface area contributed by atoms with E-state index < -0.39 is 23.5 Å². The second kappa shape index (κ2) is 9.61. The Morgan fingerprint density at radius 1 is 0.892 bits per heavy atom. The van der Waals surface area contributed by atoms with E-state index in [0.29, 0.717) is 17.7 Å². The van der Waals surface area contributed by atoms with Gasteiger partial charge in [0.25, 0.3) is 0 Å². The second-order valence-corrected chi connectivity index (χ2v) is 8.56. The molecule has 0 saturated heterocycles. The monoisotopic (exact) mass is 507 g/mol. The molecule has 0 unspecified atom stereocenters. The van der Waals surface area contributed by atoms with Crippen LogP contribution in [0.2, 0.25) is 0 Å². The molecule has 0 spiro atoms. The van der Waals surface area contributed by atoms with E-state index in [2.05, 4.69) is 0 Å². The van der Waals surface area contributed by atoms with Crippen molar-refractivity contribution in [3.05, 3.63) is 102 Å². The maximum atomic E-state index is 14.2. The van der Waals surface area contributed by atoms with Crippen LogP contribution >= 0.6 is 0 Å². The van der Waals surface area contributed by atoms with Crippen LogP contribution in [0.15, 0.2) is 84.9 Å². The van der Waals surface area contributed by atoms with Gasteiger partial charge in [-0.25, -0.2) is 9.18 Å². The van der Waals surface area contributed by atoms with Crippen LogP contribution in [0.5, 0.6) is 5.75 Å². The van der Waals surface area contributed by atoms with Gasteiger partial charge in [-0.2, -0.15) is 13.2 Å². The topological polar surface area (TPSA) is 51.5 Å². The molecule has 4 aromatic carbocycles. The molecule has 0 radical (unpaired) electrons. The minimum atomic E-state index is -4.72. The number of carboxylic acid groups (broad SMARTS) is 1. The molecular formula is C29H21F4NO3. The van der Waals surface area contributed by atoms with Crippen LogP contribution in [0.4, 0.5) is 17.6 Å². The third-order valence-corrected chi connectivity index (χ3v) is 6.26. The SMILES string of the molecule is O=C(O)c1c(-c2ccccc2C(F)(F)F)c2cc(F)ccc2n1CCCOc1cccc2ccccc12. The third-order valence-electron chi connectivity index (χ3n) is 6.26. The molecule has 1 heterocycles. The molecule has 5 aromatic rings. The fourth-order valence-corrected chi connectivity index (χ4v) is 4.73. The fraction of sp³-hybridized carbons (Fsp3) is 0.138. The highest BCUT2D eigenvalue weighted by molar-refractivity contribution is 6.08. The Morgan fingerprint density at radius 2 is 1.62 bits per heavy atom. The minimum absolute atomic E-state index is 0.101. The molecule has 0 fully saturated rings. The van der Waals surface area contributed by atoms with E-state index in [9.17, 15) is 27.5 Å². The molecule has 8 heteroatoms. The first-order valence-corrected chi connectivity index (χ1v) is 11.6. The first kappa shape index (κ1) is 24.4. The van der Waals surface area contributed by atoms with E-state index in [-0.39, 0.29) is 35.4 Å². The molecule has 0 amide bonds. The van der Waals surface area contributed by atoms with E-state index >= 15 is 0 Å². The molecule has 0 aliphatic rings. The van der Waals surface area contributed by atoms with Crippen molar-refractivity contribution in [2.45, 2.75) is 19.1 Å². The number of nitrogens with zero attached hydrogens (tertiary/aromatic N) is 1. The normalized spacial score (nSPS) is 11.8. The first-order chi connectivity index (χ1) is 17.8. The average Bonchev–Trinajstić information content (AvgIpc) is 3.19. The summed E-state index contributed by atoms with van der Waals surface area (Å²) in [7, 11) is 0. The predicted molar refractivity (Wildman–Crippen MR) is 133 cm³/mol. The molecule has 0 bridgehead atoms. The number of aromatic nitrogens is 1. The van der Waals surface area contributed by atoms with Gasteiger partial charge in [0.1, 0.15) is 17.3 Å². The number of ether oxygens (including phenoxy) is 1. The van der Waals surface area contributed by atoms with Gasteiger partial charge >= 0.3 is 12.1 Å². The summed E-state index contributed by atoms with van der Waals surface area (Å²) in [5.41, 5.74) is -1.46. The van der Waals surface area contributed by atoms with Crippen molar-refractivity contribution in [3.8, 4) is 16.9 Å². The Bertz CT molecular complexity index is 1620. The summed E-state index contributed by atoms with van der Waals surface area (Å²) >= 11 is 0. The third kappa shape index (κ3) is 4.62. The Kier molecular flexibility index (Phi) is 6.33. The number of hydrogen-bond donors (Lipinski definition) is 1. The van der Waals surface area contributed by atoms with Crippen LogP contribution in [-0.4, -0.2) is 22.2 Å². The van der Waals surface area contributed by atoms with Crippen LogP contribution in [0.1, 0.15) is 22.5 Å². The van der Waals surface area contributed by atoms with Crippen molar-refractivity contribution in [3.63, 3.8) is 0 Å². The highest BCUT2D eigenvalue weighted by atomic mass is 19.4. The van der Waals surface area contributed by atoms with E-state index in [1.54, 1.807) is 0 Å². The molecule has 0 saturated carbocycles. The summed E-state index contributed by atoms with van der Waals surface area (Å²) in [6.07, 6.45) is -4.36. The number of aromatic carboxylic acids is 1. The van der Waals surface area contributed by atoms with Crippen LogP contribution in [0.3, 0.4) is 0 Å². The Labute approximate surface area is 209 Å². The van der Waals surface area contributed by atoms with E-state index in [4.69, 9.17) is 4.74 Å². The summed E-state index contributed by atoms with van der Waals surface area (Å²) in [6, 6.07) is 21.8. The first-order valence-electron chi connectivity index (χ1n) is 11.6. The second-order valence-electron chi connectivity index (χ2n) is 8.56. The number of alkyl halides is 3. The van der Waals surface area contributed by atoms with Crippen LogP contribution in [0.25, 0.3) is 32.8 Å². The lowest BCUT2D eigenvalue weighted by Crippen LogP contribution is -2.13. The number of hydrogen-bond acceptors (Lipinski definition) is 2. The van der Waals surface area contributed by atoms with Crippen molar-refractivity contribution in [1.82, 2.24) is 4.57 Å². The van der Waals surface area contributed by atoms with Crippen LogP contribution in [0, 0.1) is 5.82 Å². The zero-order valence-corrected chi connectivity index (χ0v) is 19.4. The van der Waals surface area contributed by atoms with Crippen molar-refractivity contribution in [1.29, 1.82) is 0 Å². The Hall–Kier alpha value is -4.33. The fourth-order valence-electron chi connectivity index (χ4n) is 4.73. The number of aryl methyl sites for hydroxylation is 1. The molecule has 0 aliphatic carbocycles. The van der Waals surface area contributed by atoms with Gasteiger partial charge in [-0.3, -0.25) is 0 Å². The maximum absolute atomic E-state index is 14.2. The standard InChI is InChI=1S/C29H21F4NO3/c30-19-13-14-24-22(17-19)26(21-10-3-4-11-23(21)29(31,32)33)27(28(35)36)34(24)15-6-16-37-25-12-5-8-18-7-1-2-9-20(18)25/h1-5,7-14,17H,6,15-16H2,(H,35,36). The zero-order valence-electron chi connectivity index (χ0n) is 19.4. The van der Waals surface area contributed by atoms with E-state index in [0.717, 1.165) is 29.0 Å². The molecule has 5 rings (SSSR count). The summed E-state index contributed by atoms with van der Waals surface area (Å²) in [5, 5.41) is 12.1. The Balaban J connectivity index is 1.54. The molecule has 0 atom stereocenters. The summed E-state index contributed by atoms with van der Waals surface area (Å²) < 4.78 is 63.1. The lowest BCUT2D eigenvalue weighted by atomic mass is 9.96. The highest BCUT2D eigenvalue weighted by Gasteiger charge is 2.36. The summed E-state index contributed by atoms with van der Waals surface area (Å²) in [6.45, 7) is 0.380. The number of rotatable bonds is 7. The lowest BCUT2D eigenvalue weighted by molar-refractivity contribution is -0.137. The van der Waals surface area contributed by atoms with Crippen LogP contribution < -0.4 is 4.74 Å². The van der Waals surface area contributed by atoms with E-state index in [1.165, 1.54) is 28.8 Å². The van der Waals surface area contributed by atoms with Gasteiger partial charge in [0.05, 0.1) is 12.2 Å².